The second kappa shape index (κ2) is 3.18. The van der Waals surface area contributed by atoms with Crippen molar-refractivity contribution in [2.45, 2.75) is 5.44 Å². The topological polar surface area (TPSA) is 87.5 Å². The van der Waals surface area contributed by atoms with E-state index >= 15 is 0 Å². The summed E-state index contributed by atoms with van der Waals surface area (Å²) in [5, 5.41) is 8.99. The molecule has 0 aliphatic rings. The zero-order chi connectivity index (χ0) is 9.19. The zero-order valence-electron chi connectivity index (χ0n) is 5.95. The lowest BCUT2D eigenvalue weighted by Crippen LogP contribution is -2.10. The van der Waals surface area contributed by atoms with Crippen LogP contribution >= 0.6 is 0 Å². The number of rotatable bonds is 2. The number of nitrogens with zero attached hydrogens (tertiary/aromatic N) is 1. The zero-order valence-corrected chi connectivity index (χ0v) is 6.77. The van der Waals surface area contributed by atoms with Gasteiger partial charge >= 0.3 is 0 Å². The molecule has 1 aromatic heterocycles. The van der Waals surface area contributed by atoms with Crippen LogP contribution in [0.15, 0.2) is 24.5 Å². The van der Waals surface area contributed by atoms with Crippen LogP contribution in [-0.2, 0) is 10.1 Å². The predicted molar refractivity (Wildman–Crippen MR) is 40.7 cm³/mol. The average molecular weight is 189 g/mol. The lowest BCUT2D eigenvalue weighted by molar-refractivity contribution is 0.238. The molecule has 66 valence electrons. The fraction of sp³-hybridized carbons (Fsp3) is 0.167. The standard InChI is InChI=1S/C6H7NO4S/c8-6(12(9,10)11)5-1-3-7-4-2-5/h1-4,6,8H,(H,9,10,11)/t6-/m0/s1. The van der Waals surface area contributed by atoms with E-state index in [1.165, 1.54) is 24.5 Å². The van der Waals surface area contributed by atoms with Gasteiger partial charge in [-0.05, 0) is 12.1 Å². The second-order valence-corrected chi connectivity index (χ2v) is 3.62. The Morgan fingerprint density at radius 2 is 1.83 bits per heavy atom. The molecule has 0 radical (unpaired) electrons. The van der Waals surface area contributed by atoms with E-state index in [4.69, 9.17) is 9.66 Å². The third kappa shape index (κ3) is 2.00. The molecule has 0 fully saturated rings. The van der Waals surface area contributed by atoms with Gasteiger partial charge in [0.15, 0.2) is 0 Å². The van der Waals surface area contributed by atoms with Crippen LogP contribution in [0.3, 0.4) is 0 Å². The van der Waals surface area contributed by atoms with Gasteiger partial charge in [-0.2, -0.15) is 8.42 Å². The molecule has 6 heteroatoms. The largest absolute Gasteiger partial charge is 0.371 e. The van der Waals surface area contributed by atoms with Gasteiger partial charge in [0, 0.05) is 18.0 Å². The summed E-state index contributed by atoms with van der Waals surface area (Å²) in [6, 6.07) is 2.61. The van der Waals surface area contributed by atoms with Crippen molar-refractivity contribution < 1.29 is 18.1 Å². The third-order valence-corrected chi connectivity index (χ3v) is 2.11. The fourth-order valence-corrected chi connectivity index (χ4v) is 1.20. The van der Waals surface area contributed by atoms with Crippen LogP contribution in [0.4, 0.5) is 0 Å². The normalized spacial score (nSPS) is 14.2. The van der Waals surface area contributed by atoms with Gasteiger partial charge in [-0.15, -0.1) is 0 Å². The Bertz CT molecular complexity index is 347. The predicted octanol–water partition coefficient (Wildman–Crippen LogP) is -0.0397. The minimum atomic E-state index is -4.43. The van der Waals surface area contributed by atoms with Crippen LogP contribution in [0.5, 0.6) is 0 Å². The van der Waals surface area contributed by atoms with Gasteiger partial charge in [-0.25, -0.2) is 0 Å². The molecule has 1 rings (SSSR count). The van der Waals surface area contributed by atoms with Gasteiger partial charge in [0.05, 0.1) is 0 Å². The van der Waals surface area contributed by atoms with E-state index < -0.39 is 15.6 Å². The molecule has 1 aromatic rings. The molecule has 1 heterocycles. The van der Waals surface area contributed by atoms with Crippen LogP contribution in [0.25, 0.3) is 0 Å². The van der Waals surface area contributed by atoms with Crippen LogP contribution in [-0.4, -0.2) is 23.1 Å². The van der Waals surface area contributed by atoms with E-state index in [0.717, 1.165) is 0 Å². The van der Waals surface area contributed by atoms with Gasteiger partial charge in [-0.1, -0.05) is 0 Å². The third-order valence-electron chi connectivity index (χ3n) is 1.27. The van der Waals surface area contributed by atoms with Gasteiger partial charge in [-0.3, -0.25) is 9.54 Å². The van der Waals surface area contributed by atoms with Crippen molar-refractivity contribution in [3.63, 3.8) is 0 Å². The van der Waals surface area contributed by atoms with Crippen molar-refractivity contribution in [1.29, 1.82) is 0 Å². The van der Waals surface area contributed by atoms with E-state index in [2.05, 4.69) is 4.98 Å². The molecule has 0 saturated heterocycles. The molecule has 0 unspecified atom stereocenters. The SMILES string of the molecule is O=S(=O)(O)[C@H](O)c1ccncc1. The molecule has 1 atom stereocenters. The molecule has 2 N–H and O–H groups in total. The highest BCUT2D eigenvalue weighted by atomic mass is 32.2. The first kappa shape index (κ1) is 9.11. The first-order chi connectivity index (χ1) is 5.52. The van der Waals surface area contributed by atoms with Crippen molar-refractivity contribution in [3.05, 3.63) is 30.1 Å². The van der Waals surface area contributed by atoms with Gasteiger partial charge in [0.25, 0.3) is 10.1 Å². The molecular weight excluding hydrogens is 182 g/mol. The van der Waals surface area contributed by atoms with Gasteiger partial charge in [0.1, 0.15) is 0 Å². The quantitative estimate of drug-likeness (QED) is 0.637. The Kier molecular flexibility index (Phi) is 2.41. The number of hydrogen-bond donors (Lipinski definition) is 2. The van der Waals surface area contributed by atoms with E-state index in [1.54, 1.807) is 0 Å². The Labute approximate surface area is 69.4 Å². The maximum Gasteiger partial charge on any atom is 0.296 e. The first-order valence-corrected chi connectivity index (χ1v) is 4.56. The Hall–Kier alpha value is -0.980. The maximum absolute atomic E-state index is 10.4. The minimum Gasteiger partial charge on any atom is -0.371 e. The molecule has 0 aliphatic heterocycles. The van der Waals surface area contributed by atoms with Crippen LogP contribution < -0.4 is 0 Å². The lowest BCUT2D eigenvalue weighted by Gasteiger charge is -2.05. The van der Waals surface area contributed by atoms with Crippen molar-refractivity contribution >= 4 is 10.1 Å². The van der Waals surface area contributed by atoms with Crippen molar-refractivity contribution in [2.75, 3.05) is 0 Å². The number of hydrogen-bond acceptors (Lipinski definition) is 4. The van der Waals surface area contributed by atoms with Crippen LogP contribution in [0, 0.1) is 0 Å². The van der Waals surface area contributed by atoms with Crippen molar-refractivity contribution in [2.24, 2.45) is 0 Å². The number of pyridine rings is 1. The highest BCUT2D eigenvalue weighted by Gasteiger charge is 2.20. The summed E-state index contributed by atoms with van der Waals surface area (Å²) in [7, 11) is -4.43. The van der Waals surface area contributed by atoms with Crippen LogP contribution in [0.1, 0.15) is 11.0 Å². The highest BCUT2D eigenvalue weighted by Crippen LogP contribution is 2.16. The van der Waals surface area contributed by atoms with Crippen LogP contribution in [0.2, 0.25) is 0 Å². The monoisotopic (exact) mass is 189 g/mol. The molecule has 0 saturated carbocycles. The number of aliphatic hydroxyl groups is 1. The summed E-state index contributed by atoms with van der Waals surface area (Å²) in [4.78, 5) is 3.62. The molecule has 0 spiro atoms. The number of aromatic nitrogens is 1. The Balaban J connectivity index is 3.02. The lowest BCUT2D eigenvalue weighted by atomic mass is 10.3. The molecule has 0 bridgehead atoms. The Morgan fingerprint density at radius 3 is 2.25 bits per heavy atom. The average Bonchev–Trinajstić information content (AvgIpc) is 2.03. The number of aliphatic hydroxyl groups excluding tert-OH is 1. The fourth-order valence-electron chi connectivity index (χ4n) is 0.700. The molecule has 12 heavy (non-hydrogen) atoms. The molecule has 0 aromatic carbocycles. The summed E-state index contributed by atoms with van der Waals surface area (Å²) in [5.41, 5.74) is -1.80. The van der Waals surface area contributed by atoms with E-state index in [-0.39, 0.29) is 5.56 Å². The molecule has 5 nitrogen and oxygen atoms in total. The molecular formula is C6H7NO4S. The smallest absolute Gasteiger partial charge is 0.296 e. The highest BCUT2D eigenvalue weighted by molar-refractivity contribution is 7.85. The van der Waals surface area contributed by atoms with Crippen molar-refractivity contribution in [1.82, 2.24) is 4.98 Å². The summed E-state index contributed by atoms with van der Waals surface area (Å²) in [6.07, 6.45) is 2.65. The maximum atomic E-state index is 10.4. The van der Waals surface area contributed by atoms with E-state index in [0.29, 0.717) is 0 Å². The van der Waals surface area contributed by atoms with E-state index in [9.17, 15) is 8.42 Å². The van der Waals surface area contributed by atoms with E-state index in [1.807, 2.05) is 0 Å². The van der Waals surface area contributed by atoms with Gasteiger partial charge < -0.3 is 5.11 Å². The Morgan fingerprint density at radius 1 is 1.33 bits per heavy atom. The minimum absolute atomic E-state index is 0.0903. The summed E-state index contributed by atoms with van der Waals surface area (Å²) >= 11 is 0. The summed E-state index contributed by atoms with van der Waals surface area (Å²) in [5.74, 6) is 0. The summed E-state index contributed by atoms with van der Waals surface area (Å²) < 4.78 is 29.3. The molecule has 0 amide bonds. The second-order valence-electron chi connectivity index (χ2n) is 2.15. The molecule has 0 aliphatic carbocycles. The van der Waals surface area contributed by atoms with Crippen molar-refractivity contribution in [3.8, 4) is 0 Å². The van der Waals surface area contributed by atoms with Gasteiger partial charge in [0.2, 0.25) is 5.44 Å². The first-order valence-electron chi connectivity index (χ1n) is 3.06. The summed E-state index contributed by atoms with van der Waals surface area (Å²) in [6.45, 7) is 0.